The maximum Gasteiger partial charge on any atom is 0.441 e. The van der Waals surface area contributed by atoms with Crippen molar-refractivity contribution in [3.05, 3.63) is 76.2 Å². The van der Waals surface area contributed by atoms with Gasteiger partial charge in [0, 0.05) is 12.6 Å². The molecule has 0 unspecified atom stereocenters. The number of unbranched alkanes of at least 4 members (excludes halogenated alkanes) is 1. The number of aromatic nitrogens is 3. The molecule has 0 atom stereocenters. The molecule has 2 aromatic heterocycles. The number of rotatable bonds is 9. The Labute approximate surface area is 178 Å². The van der Waals surface area contributed by atoms with Crippen LogP contribution in [0.25, 0.3) is 0 Å². The highest BCUT2D eigenvalue weighted by molar-refractivity contribution is 6.10. The number of nitrogens with one attached hydrogen (secondary N) is 1. The minimum atomic E-state index is -0.607. The number of carbonyl (C=O) groups excluding carboxylic acids is 1. The lowest BCUT2D eigenvalue weighted by Gasteiger charge is -2.08. The molecule has 2 heterocycles. The summed E-state index contributed by atoms with van der Waals surface area (Å²) in [7, 11) is 1.53. The first-order valence-electron chi connectivity index (χ1n) is 9.76. The van der Waals surface area contributed by atoms with Crippen molar-refractivity contribution in [2.75, 3.05) is 11.9 Å². The van der Waals surface area contributed by atoms with Crippen molar-refractivity contribution in [1.82, 2.24) is 14.7 Å². The number of hydrogen-bond donors (Lipinski definition) is 1. The summed E-state index contributed by atoms with van der Waals surface area (Å²) < 4.78 is 11.0. The van der Waals surface area contributed by atoms with Gasteiger partial charge in [0.2, 0.25) is 5.82 Å². The van der Waals surface area contributed by atoms with Gasteiger partial charge in [-0.3, -0.25) is 14.4 Å². The molecular formula is C21H23N5O5. The van der Waals surface area contributed by atoms with Gasteiger partial charge in [0.25, 0.3) is 0 Å². The first-order valence-corrected chi connectivity index (χ1v) is 9.76. The fraction of sp³-hybridized carbons (Fsp3) is 0.286. The van der Waals surface area contributed by atoms with Crippen LogP contribution in [0.2, 0.25) is 0 Å². The van der Waals surface area contributed by atoms with Gasteiger partial charge in [-0.2, -0.15) is 0 Å². The normalized spacial score (nSPS) is 11.2. The molecule has 10 heteroatoms. The number of carbonyl (C=O) groups is 1. The number of ether oxygens (including phenoxy) is 1. The molecule has 0 aliphatic rings. The lowest BCUT2D eigenvalue weighted by molar-refractivity contribution is 0.128. The van der Waals surface area contributed by atoms with Crippen molar-refractivity contribution in [3.8, 4) is 0 Å². The van der Waals surface area contributed by atoms with E-state index in [4.69, 9.17) is 14.1 Å². The first kappa shape index (κ1) is 21.8. The molecule has 1 aromatic carbocycles. The molecule has 0 spiro atoms. The Balaban J connectivity index is 1.70. The molecule has 1 N–H and O–H groups in total. The summed E-state index contributed by atoms with van der Waals surface area (Å²) in [6, 6.07) is 14.3. The Morgan fingerprint density at radius 3 is 2.71 bits per heavy atom. The third-order valence-electron chi connectivity index (χ3n) is 4.20. The highest BCUT2D eigenvalue weighted by Gasteiger charge is 2.17. The van der Waals surface area contributed by atoms with Crippen LogP contribution in [-0.4, -0.2) is 33.1 Å². The van der Waals surface area contributed by atoms with Gasteiger partial charge >= 0.3 is 11.8 Å². The van der Waals surface area contributed by atoms with Gasteiger partial charge in [-0.25, -0.2) is 14.6 Å². The molecule has 0 fully saturated rings. The Morgan fingerprint density at radius 1 is 1.19 bits per heavy atom. The van der Waals surface area contributed by atoms with Crippen LogP contribution in [0.4, 0.5) is 10.6 Å². The van der Waals surface area contributed by atoms with E-state index >= 15 is 0 Å². The summed E-state index contributed by atoms with van der Waals surface area (Å²) >= 11 is 0. The third kappa shape index (κ3) is 6.01. The van der Waals surface area contributed by atoms with Crippen LogP contribution in [0.3, 0.4) is 0 Å². The van der Waals surface area contributed by atoms with E-state index in [2.05, 4.69) is 20.6 Å². The zero-order valence-electron chi connectivity index (χ0n) is 17.3. The van der Waals surface area contributed by atoms with Gasteiger partial charge in [-0.15, -0.1) is 0 Å². The summed E-state index contributed by atoms with van der Waals surface area (Å²) in [5, 5.41) is 10.5. The second kappa shape index (κ2) is 10.7. The molecule has 0 radical (unpaired) electrons. The second-order valence-corrected chi connectivity index (χ2v) is 6.54. The standard InChI is InChI=1S/C21H23N5O5/c1-3-4-13-29-20(27)23-17-12-8-11-16(22-17)14-30-24-18(15-9-6-5-7-10-15)19-25-31-21(28)26(19)2/h5-12H,3-4,13-14H2,1-2H3,(H,22,23,27). The molecule has 10 nitrogen and oxygen atoms in total. The van der Waals surface area contributed by atoms with Crippen LogP contribution in [-0.2, 0) is 23.2 Å². The smallest absolute Gasteiger partial charge is 0.441 e. The van der Waals surface area contributed by atoms with Gasteiger partial charge in [-0.1, -0.05) is 60.1 Å². The van der Waals surface area contributed by atoms with Crippen molar-refractivity contribution in [3.63, 3.8) is 0 Å². The molecule has 162 valence electrons. The van der Waals surface area contributed by atoms with E-state index in [9.17, 15) is 9.59 Å². The predicted octanol–water partition coefficient (Wildman–Crippen LogP) is 3.09. The van der Waals surface area contributed by atoms with E-state index in [1.165, 1.54) is 11.6 Å². The lowest BCUT2D eigenvalue weighted by atomic mass is 10.1. The van der Waals surface area contributed by atoms with E-state index in [0.29, 0.717) is 29.4 Å². The van der Waals surface area contributed by atoms with Gasteiger partial charge in [0.1, 0.15) is 5.82 Å². The average Bonchev–Trinajstić information content (AvgIpc) is 3.10. The number of nitrogens with zero attached hydrogens (tertiary/aromatic N) is 4. The SMILES string of the molecule is CCCCOC(=O)Nc1cccc(CON=C(c2ccccc2)c2noc(=O)n2C)n1. The van der Waals surface area contributed by atoms with E-state index in [1.807, 2.05) is 37.3 Å². The molecule has 3 rings (SSSR count). The molecule has 31 heavy (non-hydrogen) atoms. The predicted molar refractivity (Wildman–Crippen MR) is 113 cm³/mol. The second-order valence-electron chi connectivity index (χ2n) is 6.54. The van der Waals surface area contributed by atoms with Crippen molar-refractivity contribution in [2.24, 2.45) is 12.2 Å². The number of oxime groups is 1. The van der Waals surface area contributed by atoms with Gasteiger partial charge < -0.3 is 9.57 Å². The summed E-state index contributed by atoms with van der Waals surface area (Å²) in [5.41, 5.74) is 1.57. The molecular weight excluding hydrogens is 402 g/mol. The van der Waals surface area contributed by atoms with Crippen molar-refractivity contribution in [1.29, 1.82) is 0 Å². The monoisotopic (exact) mass is 425 g/mol. The molecule has 0 aliphatic carbocycles. The zero-order chi connectivity index (χ0) is 22.1. The average molecular weight is 425 g/mol. The van der Waals surface area contributed by atoms with Crippen LogP contribution < -0.4 is 11.1 Å². The third-order valence-corrected chi connectivity index (χ3v) is 4.20. The van der Waals surface area contributed by atoms with Crippen LogP contribution in [0.5, 0.6) is 0 Å². The highest BCUT2D eigenvalue weighted by atomic mass is 16.6. The molecule has 0 saturated carbocycles. The van der Waals surface area contributed by atoms with Crippen LogP contribution >= 0.6 is 0 Å². The number of amides is 1. The van der Waals surface area contributed by atoms with Gasteiger partial charge in [0.05, 0.1) is 12.3 Å². The lowest BCUT2D eigenvalue weighted by Crippen LogP contribution is -2.17. The molecule has 3 aromatic rings. The van der Waals surface area contributed by atoms with Gasteiger partial charge in [-0.05, 0) is 18.6 Å². The van der Waals surface area contributed by atoms with Crippen LogP contribution in [0.1, 0.15) is 36.8 Å². The van der Waals surface area contributed by atoms with E-state index in [-0.39, 0.29) is 12.4 Å². The van der Waals surface area contributed by atoms with Crippen molar-refractivity contribution in [2.45, 2.75) is 26.4 Å². The van der Waals surface area contributed by atoms with E-state index in [0.717, 1.165) is 12.8 Å². The number of anilines is 1. The number of hydrogen-bond acceptors (Lipinski definition) is 8. The Hall–Kier alpha value is -3.95. The summed E-state index contributed by atoms with van der Waals surface area (Å²) in [6.45, 7) is 2.40. The minimum Gasteiger partial charge on any atom is -0.449 e. The Bertz CT molecular complexity index is 1090. The maximum atomic E-state index is 11.8. The summed E-state index contributed by atoms with van der Waals surface area (Å²) in [5.74, 6) is -0.0342. The quantitative estimate of drug-likeness (QED) is 0.318. The largest absolute Gasteiger partial charge is 0.449 e. The Morgan fingerprint density at radius 2 is 2.00 bits per heavy atom. The highest BCUT2D eigenvalue weighted by Crippen LogP contribution is 2.11. The summed E-state index contributed by atoms with van der Waals surface area (Å²) in [6.07, 6.45) is 1.18. The minimum absolute atomic E-state index is 0.0303. The molecule has 0 bridgehead atoms. The van der Waals surface area contributed by atoms with Crippen molar-refractivity contribution >= 4 is 17.6 Å². The van der Waals surface area contributed by atoms with E-state index in [1.54, 1.807) is 18.2 Å². The van der Waals surface area contributed by atoms with Crippen LogP contribution in [0, 0.1) is 0 Å². The zero-order valence-corrected chi connectivity index (χ0v) is 17.3. The van der Waals surface area contributed by atoms with Crippen molar-refractivity contribution < 1.29 is 18.9 Å². The van der Waals surface area contributed by atoms with Crippen LogP contribution in [0.15, 0.2) is 63.0 Å². The first-order chi connectivity index (χ1) is 15.1. The van der Waals surface area contributed by atoms with E-state index < -0.39 is 11.8 Å². The molecule has 1 amide bonds. The molecule has 0 saturated heterocycles. The fourth-order valence-corrected chi connectivity index (χ4v) is 2.55. The fourth-order valence-electron chi connectivity index (χ4n) is 2.55. The molecule has 0 aliphatic heterocycles. The number of benzene rings is 1. The summed E-state index contributed by atoms with van der Waals surface area (Å²) in [4.78, 5) is 33.2. The maximum absolute atomic E-state index is 11.8. The Kier molecular flexibility index (Phi) is 7.52. The van der Waals surface area contributed by atoms with Gasteiger partial charge in [0.15, 0.2) is 12.3 Å². The topological polar surface area (TPSA) is 121 Å². The number of pyridine rings is 1.